The van der Waals surface area contributed by atoms with Crippen molar-refractivity contribution in [2.45, 2.75) is 44.3 Å². The largest absolute Gasteiger partial charge is 0.374 e. The molecule has 5 aromatic rings. The molecule has 1 aromatic carbocycles. The number of nitrogen functional groups attached to an aromatic ring is 1. The first-order valence-electron chi connectivity index (χ1n) is 16.1. The quantitative estimate of drug-likeness (QED) is 0.182. The molecule has 49 heavy (non-hydrogen) atoms. The smallest absolute Gasteiger partial charge is 0.207 e. The molecule has 15 nitrogen and oxygen atoms in total. The zero-order chi connectivity index (χ0) is 34.2. The van der Waals surface area contributed by atoms with Crippen LogP contribution in [-0.4, -0.2) is 104 Å². The van der Waals surface area contributed by atoms with E-state index in [1.165, 1.54) is 22.7 Å². The summed E-state index contributed by atoms with van der Waals surface area (Å²) in [6.45, 7) is 5.64. The summed E-state index contributed by atoms with van der Waals surface area (Å²) in [7, 11) is 3.86. The van der Waals surface area contributed by atoms with Gasteiger partial charge in [-0.3, -0.25) is 9.69 Å². The Morgan fingerprint density at radius 3 is 2.00 bits per heavy atom. The topological polar surface area (TPSA) is 180 Å². The van der Waals surface area contributed by atoms with E-state index in [1.54, 1.807) is 12.4 Å². The number of Topliss-reactive ketones (excluding diaryl/α,β-unsaturated/α-hetero) is 1. The predicted octanol–water partition coefficient (Wildman–Crippen LogP) is 3.34. The van der Waals surface area contributed by atoms with E-state index in [1.807, 2.05) is 68.4 Å². The minimum atomic E-state index is -0.296. The summed E-state index contributed by atoms with van der Waals surface area (Å²) in [5.41, 5.74) is 7.70. The summed E-state index contributed by atoms with van der Waals surface area (Å²) in [5.74, 6) is 1.92. The number of nitrogens with one attached hydrogen (secondary N) is 2. The van der Waals surface area contributed by atoms with Crippen LogP contribution in [0.15, 0.2) is 60.9 Å². The highest BCUT2D eigenvalue weighted by Crippen LogP contribution is 2.26. The second-order valence-corrected chi connectivity index (χ2v) is 14.3. The molecule has 2 saturated heterocycles. The number of benzene rings is 1. The minimum Gasteiger partial charge on any atom is -0.374 e. The van der Waals surface area contributed by atoms with Gasteiger partial charge in [-0.1, -0.05) is 52.5 Å². The molecule has 2 aliphatic heterocycles. The van der Waals surface area contributed by atoms with Gasteiger partial charge in [0.05, 0.1) is 12.5 Å². The number of rotatable bonds is 11. The lowest BCUT2D eigenvalue weighted by atomic mass is 9.98. The van der Waals surface area contributed by atoms with Gasteiger partial charge in [0.15, 0.2) is 17.4 Å². The molecule has 0 radical (unpaired) electrons. The van der Waals surface area contributed by atoms with Crippen LogP contribution >= 0.6 is 22.7 Å². The van der Waals surface area contributed by atoms with Gasteiger partial charge in [-0.2, -0.15) is 10.2 Å². The van der Waals surface area contributed by atoms with Gasteiger partial charge in [0.1, 0.15) is 5.01 Å². The number of hydrogen-bond acceptors (Lipinski definition) is 17. The first-order valence-corrected chi connectivity index (χ1v) is 17.7. The number of carbonyl (C=O) groups excluding carboxylic acids is 1. The molecule has 0 spiro atoms. The number of likely N-dealkylation sites (N-methyl/N-ethyl adjacent to an activating group) is 1. The summed E-state index contributed by atoms with van der Waals surface area (Å²) in [6.07, 6.45) is 5.65. The summed E-state index contributed by atoms with van der Waals surface area (Å²) in [5, 5.41) is 42.0. The van der Waals surface area contributed by atoms with E-state index < -0.39 is 0 Å². The molecular weight excluding hydrogens is 661 g/mol. The second-order valence-electron chi connectivity index (χ2n) is 12.2. The normalized spacial score (nSPS) is 17.9. The summed E-state index contributed by atoms with van der Waals surface area (Å²) in [4.78, 5) is 19.4. The second kappa shape index (κ2) is 16.0. The Balaban J connectivity index is 0.000000195. The predicted molar refractivity (Wildman–Crippen MR) is 193 cm³/mol. The molecule has 17 heteroatoms. The van der Waals surface area contributed by atoms with Crippen LogP contribution in [0.1, 0.15) is 35.0 Å². The average Bonchev–Trinajstić information content (AvgIpc) is 3.92. The van der Waals surface area contributed by atoms with Crippen LogP contribution in [-0.2, 0) is 11.2 Å². The number of anilines is 5. The third-order valence-corrected chi connectivity index (χ3v) is 9.75. The van der Waals surface area contributed by atoms with Crippen LogP contribution < -0.4 is 26.2 Å². The molecule has 0 saturated carbocycles. The van der Waals surface area contributed by atoms with E-state index in [9.17, 15) is 4.79 Å². The van der Waals surface area contributed by atoms with Crippen LogP contribution in [0, 0.1) is 6.92 Å². The minimum absolute atomic E-state index is 0.119. The van der Waals surface area contributed by atoms with Crippen molar-refractivity contribution in [3.8, 4) is 0 Å². The fourth-order valence-corrected chi connectivity index (χ4v) is 7.39. The van der Waals surface area contributed by atoms with Gasteiger partial charge in [-0.05, 0) is 63.7 Å². The number of carbonyl (C=O) groups is 1. The van der Waals surface area contributed by atoms with E-state index in [-0.39, 0.29) is 24.3 Å². The molecule has 7 rings (SSSR count). The molecule has 0 aliphatic carbocycles. The van der Waals surface area contributed by atoms with Gasteiger partial charge in [-0.25, -0.2) is 0 Å². The van der Waals surface area contributed by atoms with Crippen molar-refractivity contribution in [3.05, 3.63) is 77.1 Å². The van der Waals surface area contributed by atoms with E-state index in [4.69, 9.17) is 5.73 Å². The SMILES string of the molecule is Cc1cccc([C@@H](C(=O)Cc2nnc(N[C@@H]3CCN(c4cccnn4)C3)s2)N(C)C)c1.Nc1nnc(N[C@@H]2CCN(c3cccnn3)C2)s1. The molecular formula is C32H40N14OS2. The number of nitrogens with two attached hydrogens (primary N) is 1. The van der Waals surface area contributed by atoms with Crippen molar-refractivity contribution in [2.24, 2.45) is 0 Å². The number of ketones is 1. The molecule has 256 valence electrons. The highest BCUT2D eigenvalue weighted by Gasteiger charge is 2.27. The number of aromatic nitrogens is 8. The van der Waals surface area contributed by atoms with E-state index in [0.717, 1.165) is 77.1 Å². The highest BCUT2D eigenvalue weighted by molar-refractivity contribution is 7.18. The Morgan fingerprint density at radius 1 is 0.857 bits per heavy atom. The zero-order valence-corrected chi connectivity index (χ0v) is 29.3. The average molecular weight is 701 g/mol. The summed E-state index contributed by atoms with van der Waals surface area (Å²) < 4.78 is 0. The molecule has 3 atom stereocenters. The van der Waals surface area contributed by atoms with Crippen molar-refractivity contribution in [1.82, 2.24) is 45.7 Å². The maximum Gasteiger partial charge on any atom is 0.207 e. The van der Waals surface area contributed by atoms with Gasteiger partial charge < -0.3 is 26.2 Å². The van der Waals surface area contributed by atoms with Crippen molar-refractivity contribution < 1.29 is 4.79 Å². The number of hydrogen-bond donors (Lipinski definition) is 3. The first kappa shape index (κ1) is 34.0. The first-order chi connectivity index (χ1) is 23.8. The lowest BCUT2D eigenvalue weighted by Gasteiger charge is -2.23. The fraction of sp³-hybridized carbons (Fsp3) is 0.406. The number of nitrogens with zero attached hydrogens (tertiary/aromatic N) is 11. The maximum absolute atomic E-state index is 13.1. The van der Waals surface area contributed by atoms with Crippen LogP contribution in [0.5, 0.6) is 0 Å². The third-order valence-electron chi connectivity index (χ3n) is 8.21. The summed E-state index contributed by atoms with van der Waals surface area (Å²) >= 11 is 2.82. The summed E-state index contributed by atoms with van der Waals surface area (Å²) in [6, 6.07) is 16.2. The van der Waals surface area contributed by atoms with Crippen LogP contribution in [0.3, 0.4) is 0 Å². The Bertz CT molecular complexity index is 1790. The van der Waals surface area contributed by atoms with Crippen molar-refractivity contribution in [2.75, 3.05) is 66.4 Å². The standard InChI is InChI=1S/C22H27N7OS.C10H13N7S/c1-15-6-4-7-16(12-15)21(28(2)3)18(30)13-20-26-27-22(31-20)24-17-9-11-29(14-17)19-8-5-10-23-25-19;11-9-15-16-10(18-9)13-7-3-5-17(6-7)8-2-1-4-12-14-8/h4-8,10,12,17,21H,9,11,13-14H2,1-3H3,(H,24,27);1-2,4,7H,3,5-6H2,(H2,11,15)(H,13,16)/t17-,21+;7-/m11/s1. The number of aryl methyl sites for hydroxylation is 1. The van der Waals surface area contributed by atoms with Gasteiger partial charge in [0.2, 0.25) is 15.4 Å². The lowest BCUT2D eigenvalue weighted by molar-refractivity contribution is -0.123. The van der Waals surface area contributed by atoms with E-state index in [2.05, 4.69) is 67.3 Å². The molecule has 4 aromatic heterocycles. The van der Waals surface area contributed by atoms with Crippen LogP contribution in [0.2, 0.25) is 0 Å². The van der Waals surface area contributed by atoms with Gasteiger partial charge in [0.25, 0.3) is 0 Å². The Morgan fingerprint density at radius 2 is 1.47 bits per heavy atom. The lowest BCUT2D eigenvalue weighted by Crippen LogP contribution is -2.29. The molecule has 2 aliphatic rings. The van der Waals surface area contributed by atoms with E-state index in [0.29, 0.717) is 11.2 Å². The zero-order valence-electron chi connectivity index (χ0n) is 27.7. The molecule has 4 N–H and O–H groups in total. The highest BCUT2D eigenvalue weighted by atomic mass is 32.1. The van der Waals surface area contributed by atoms with E-state index >= 15 is 0 Å². The third kappa shape index (κ3) is 9.18. The Kier molecular flexibility index (Phi) is 11.1. The van der Waals surface area contributed by atoms with Crippen molar-refractivity contribution >= 4 is 55.5 Å². The van der Waals surface area contributed by atoms with Crippen molar-refractivity contribution in [1.29, 1.82) is 0 Å². The molecule has 0 amide bonds. The molecule has 0 unspecified atom stereocenters. The van der Waals surface area contributed by atoms with Gasteiger partial charge in [-0.15, -0.1) is 30.6 Å². The van der Waals surface area contributed by atoms with Crippen LogP contribution in [0.4, 0.5) is 27.0 Å². The molecule has 0 bridgehead atoms. The molecule has 2 fully saturated rings. The van der Waals surface area contributed by atoms with Gasteiger partial charge >= 0.3 is 0 Å². The Labute approximate surface area is 293 Å². The van der Waals surface area contributed by atoms with Crippen LogP contribution in [0.25, 0.3) is 0 Å². The fourth-order valence-electron chi connectivity index (χ4n) is 5.98. The van der Waals surface area contributed by atoms with Crippen molar-refractivity contribution in [3.63, 3.8) is 0 Å². The van der Waals surface area contributed by atoms with Gasteiger partial charge in [0, 0.05) is 50.7 Å². The Hall–Kier alpha value is -4.87. The maximum atomic E-state index is 13.1. The monoisotopic (exact) mass is 700 g/mol. The molecule has 6 heterocycles.